The van der Waals surface area contributed by atoms with Crippen molar-refractivity contribution in [3.63, 3.8) is 0 Å². The van der Waals surface area contributed by atoms with Crippen LogP contribution >= 0.6 is 15.9 Å². The third-order valence-electron chi connectivity index (χ3n) is 2.91. The molecule has 0 bridgehead atoms. The van der Waals surface area contributed by atoms with Gasteiger partial charge in [0.25, 0.3) is 0 Å². The van der Waals surface area contributed by atoms with Crippen molar-refractivity contribution in [3.8, 4) is 11.1 Å². The van der Waals surface area contributed by atoms with Crippen molar-refractivity contribution >= 4 is 15.9 Å². The Bertz CT molecular complexity index is 524. The van der Waals surface area contributed by atoms with Gasteiger partial charge in [-0.2, -0.15) is 0 Å². The molecule has 2 N–H and O–H groups in total. The predicted octanol–water partition coefficient (Wildman–Crippen LogP) is 3.13. The lowest BCUT2D eigenvalue weighted by atomic mass is 10.1. The van der Waals surface area contributed by atoms with E-state index in [2.05, 4.69) is 25.9 Å². The molecule has 1 atom stereocenters. The molecule has 19 heavy (non-hydrogen) atoms. The second-order valence-electron chi connectivity index (χ2n) is 4.33. The Balaban J connectivity index is 2.03. The molecule has 0 aliphatic rings. The maximum atomic E-state index is 9.07. The molecule has 0 saturated carbocycles. The number of aromatic nitrogens is 2. The molecule has 2 heterocycles. The number of hydrogen-bond acceptors (Lipinski definition) is 3. The molecule has 0 spiro atoms. The first-order chi connectivity index (χ1) is 9.22. The summed E-state index contributed by atoms with van der Waals surface area (Å²) in [7, 11) is 0. The third kappa shape index (κ3) is 3.89. The first kappa shape index (κ1) is 14.2. The number of hydrogen-bond donors (Lipinski definition) is 2. The van der Waals surface area contributed by atoms with E-state index in [1.807, 2.05) is 31.5 Å². The molecular weight excluding hydrogens is 308 g/mol. The van der Waals surface area contributed by atoms with Gasteiger partial charge in [-0.25, -0.2) is 0 Å². The molecule has 0 radical (unpaired) electrons. The van der Waals surface area contributed by atoms with Gasteiger partial charge in [-0.3, -0.25) is 4.98 Å². The van der Waals surface area contributed by atoms with Gasteiger partial charge in [-0.15, -0.1) is 0 Å². The molecule has 0 aromatic carbocycles. The number of nitrogens with one attached hydrogen (secondary N) is 1. The summed E-state index contributed by atoms with van der Waals surface area (Å²) in [5.41, 5.74) is 3.11. The van der Waals surface area contributed by atoms with E-state index in [0.717, 1.165) is 27.7 Å². The number of pyridine rings is 1. The maximum Gasteiger partial charge on any atom is 0.0870 e. The van der Waals surface area contributed by atoms with E-state index in [0.29, 0.717) is 6.61 Å². The highest BCUT2D eigenvalue weighted by molar-refractivity contribution is 9.10. The zero-order chi connectivity index (χ0) is 13.7. The molecular formula is C14H17BrN2O2. The quantitative estimate of drug-likeness (QED) is 0.858. The van der Waals surface area contributed by atoms with Crippen LogP contribution in [0, 0.1) is 0 Å². The normalized spacial score (nSPS) is 12.6. The topological polar surface area (TPSA) is 58.1 Å². The largest absolute Gasteiger partial charge is 0.394 e. The average molecular weight is 325 g/mol. The minimum atomic E-state index is -0.0979. The van der Waals surface area contributed by atoms with Crippen LogP contribution in [0.2, 0.25) is 0 Å². The summed E-state index contributed by atoms with van der Waals surface area (Å²) in [6, 6.07) is 4.05. The molecule has 4 nitrogen and oxygen atoms in total. The Labute approximate surface area is 121 Å². The van der Waals surface area contributed by atoms with Gasteiger partial charge in [0, 0.05) is 39.9 Å². The summed E-state index contributed by atoms with van der Waals surface area (Å²) in [5.74, 6) is 0. The van der Waals surface area contributed by atoms with Crippen LogP contribution in [0.3, 0.4) is 0 Å². The zero-order valence-electron chi connectivity index (χ0n) is 10.8. The molecule has 0 fully saturated rings. The second kappa shape index (κ2) is 6.84. The SMILES string of the molecule is CCC(CO)OCc1cc(-c2cncc(Br)c2)c[nH]1. The van der Waals surface area contributed by atoms with Gasteiger partial charge in [-0.05, 0) is 34.5 Å². The number of nitrogens with zero attached hydrogens (tertiary/aromatic N) is 1. The lowest BCUT2D eigenvalue weighted by Crippen LogP contribution is -2.16. The van der Waals surface area contributed by atoms with Gasteiger partial charge in [-0.1, -0.05) is 6.92 Å². The molecule has 2 aromatic rings. The highest BCUT2D eigenvalue weighted by atomic mass is 79.9. The van der Waals surface area contributed by atoms with E-state index in [4.69, 9.17) is 9.84 Å². The molecule has 5 heteroatoms. The van der Waals surface area contributed by atoms with Crippen LogP contribution in [0.1, 0.15) is 19.0 Å². The van der Waals surface area contributed by atoms with Crippen LogP contribution in [0.5, 0.6) is 0 Å². The fourth-order valence-corrected chi connectivity index (χ4v) is 2.13. The molecule has 2 rings (SSSR count). The molecule has 0 saturated heterocycles. The van der Waals surface area contributed by atoms with E-state index in [1.54, 1.807) is 6.20 Å². The minimum Gasteiger partial charge on any atom is -0.394 e. The highest BCUT2D eigenvalue weighted by Gasteiger charge is 2.07. The molecule has 102 valence electrons. The summed E-state index contributed by atoms with van der Waals surface area (Å²) in [4.78, 5) is 7.32. The first-order valence-electron chi connectivity index (χ1n) is 6.23. The number of halogens is 1. The van der Waals surface area contributed by atoms with Crippen LogP contribution in [0.25, 0.3) is 11.1 Å². The molecule has 0 amide bonds. The lowest BCUT2D eigenvalue weighted by Gasteiger charge is -2.11. The number of aliphatic hydroxyl groups is 1. The summed E-state index contributed by atoms with van der Waals surface area (Å²) in [6.45, 7) is 2.52. The number of aliphatic hydroxyl groups excluding tert-OH is 1. The van der Waals surface area contributed by atoms with Gasteiger partial charge >= 0.3 is 0 Å². The van der Waals surface area contributed by atoms with Gasteiger partial charge in [0.1, 0.15) is 0 Å². The Kier molecular flexibility index (Phi) is 5.13. The van der Waals surface area contributed by atoms with Crippen LogP contribution < -0.4 is 0 Å². The zero-order valence-corrected chi connectivity index (χ0v) is 12.4. The standard InChI is InChI=1S/C14H17BrN2O2/c1-2-14(8-18)19-9-13-4-11(6-17-13)10-3-12(15)7-16-5-10/h3-7,14,17-18H,2,8-9H2,1H3. The van der Waals surface area contributed by atoms with Crippen molar-refractivity contribution in [3.05, 3.63) is 40.9 Å². The molecule has 1 unspecified atom stereocenters. The van der Waals surface area contributed by atoms with Crippen LogP contribution in [0.15, 0.2) is 35.2 Å². The van der Waals surface area contributed by atoms with Crippen molar-refractivity contribution in [1.29, 1.82) is 0 Å². The smallest absolute Gasteiger partial charge is 0.0870 e. The molecule has 0 aliphatic carbocycles. The van der Waals surface area contributed by atoms with Crippen molar-refractivity contribution in [2.75, 3.05) is 6.61 Å². The van der Waals surface area contributed by atoms with Gasteiger partial charge < -0.3 is 14.8 Å². The van der Waals surface area contributed by atoms with Crippen molar-refractivity contribution in [2.24, 2.45) is 0 Å². The van der Waals surface area contributed by atoms with Crippen LogP contribution in [-0.4, -0.2) is 27.8 Å². The summed E-state index contributed by atoms with van der Waals surface area (Å²) < 4.78 is 6.55. The summed E-state index contributed by atoms with van der Waals surface area (Å²) >= 11 is 3.41. The van der Waals surface area contributed by atoms with Gasteiger partial charge in [0.2, 0.25) is 0 Å². The number of rotatable bonds is 6. The predicted molar refractivity (Wildman–Crippen MR) is 77.7 cm³/mol. The monoisotopic (exact) mass is 324 g/mol. The van der Waals surface area contributed by atoms with Crippen LogP contribution in [0.4, 0.5) is 0 Å². The fraction of sp³-hybridized carbons (Fsp3) is 0.357. The van der Waals surface area contributed by atoms with E-state index >= 15 is 0 Å². The van der Waals surface area contributed by atoms with Crippen molar-refractivity contribution < 1.29 is 9.84 Å². The van der Waals surface area contributed by atoms with Crippen molar-refractivity contribution in [1.82, 2.24) is 9.97 Å². The van der Waals surface area contributed by atoms with E-state index in [9.17, 15) is 0 Å². The van der Waals surface area contributed by atoms with E-state index in [1.165, 1.54) is 0 Å². The second-order valence-corrected chi connectivity index (χ2v) is 5.24. The molecule has 2 aromatic heterocycles. The highest BCUT2D eigenvalue weighted by Crippen LogP contribution is 2.22. The number of H-pyrrole nitrogens is 1. The number of ether oxygens (including phenoxy) is 1. The average Bonchev–Trinajstić information content (AvgIpc) is 2.89. The third-order valence-corrected chi connectivity index (χ3v) is 3.35. The Hall–Kier alpha value is -1.17. The van der Waals surface area contributed by atoms with Gasteiger partial charge in [0.15, 0.2) is 0 Å². The summed E-state index contributed by atoms with van der Waals surface area (Å²) in [5, 5.41) is 9.07. The Morgan fingerprint density at radius 3 is 2.89 bits per heavy atom. The Morgan fingerprint density at radius 2 is 2.21 bits per heavy atom. The lowest BCUT2D eigenvalue weighted by molar-refractivity contribution is -0.000433. The minimum absolute atomic E-state index is 0.0552. The maximum absolute atomic E-state index is 9.07. The summed E-state index contributed by atoms with van der Waals surface area (Å²) in [6.07, 6.45) is 6.22. The number of aromatic amines is 1. The first-order valence-corrected chi connectivity index (χ1v) is 7.03. The van der Waals surface area contributed by atoms with Crippen LogP contribution in [-0.2, 0) is 11.3 Å². The van der Waals surface area contributed by atoms with E-state index < -0.39 is 0 Å². The van der Waals surface area contributed by atoms with Gasteiger partial charge in [0.05, 0.1) is 19.3 Å². The fourth-order valence-electron chi connectivity index (χ4n) is 1.77. The Morgan fingerprint density at radius 1 is 1.37 bits per heavy atom. The van der Waals surface area contributed by atoms with E-state index in [-0.39, 0.29) is 12.7 Å². The van der Waals surface area contributed by atoms with Crippen molar-refractivity contribution in [2.45, 2.75) is 26.1 Å². The molecule has 0 aliphatic heterocycles.